The molecular formula is C18H19N3O3S. The first kappa shape index (κ1) is 17.4. The Kier molecular flexibility index (Phi) is 4.75. The highest BCUT2D eigenvalue weighted by Crippen LogP contribution is 2.27. The number of rotatable bonds is 4. The molecule has 1 saturated heterocycles. The largest absolute Gasteiger partial charge is 0.487 e. The van der Waals surface area contributed by atoms with Gasteiger partial charge in [0.25, 0.3) is 0 Å². The van der Waals surface area contributed by atoms with Gasteiger partial charge in [-0.1, -0.05) is 12.1 Å². The molecule has 1 atom stereocenters. The Balaban J connectivity index is 1.78. The Morgan fingerprint density at radius 3 is 2.76 bits per heavy atom. The molecule has 0 bridgehead atoms. The summed E-state index contributed by atoms with van der Waals surface area (Å²) in [6, 6.07) is 10.6. The van der Waals surface area contributed by atoms with E-state index in [1.807, 2.05) is 25.1 Å². The number of hydrogen-bond donors (Lipinski definition) is 0. The Labute approximate surface area is 147 Å². The van der Waals surface area contributed by atoms with Crippen LogP contribution in [0.15, 0.2) is 41.4 Å². The molecule has 0 unspecified atom stereocenters. The average Bonchev–Trinajstić information content (AvgIpc) is 3.06. The first-order valence-corrected chi connectivity index (χ1v) is 9.45. The summed E-state index contributed by atoms with van der Waals surface area (Å²) < 4.78 is 33.1. The molecule has 2 aromatic rings. The summed E-state index contributed by atoms with van der Waals surface area (Å²) in [7, 11) is -3.72. The number of sulfonamides is 1. The van der Waals surface area contributed by atoms with E-state index in [2.05, 4.69) is 4.98 Å². The summed E-state index contributed by atoms with van der Waals surface area (Å²) in [5.74, 6) is 0.628. The zero-order valence-electron chi connectivity index (χ0n) is 14.1. The molecule has 1 aliphatic rings. The van der Waals surface area contributed by atoms with E-state index in [0.717, 1.165) is 5.69 Å². The number of hydrogen-bond acceptors (Lipinski definition) is 5. The van der Waals surface area contributed by atoms with Gasteiger partial charge >= 0.3 is 0 Å². The second kappa shape index (κ2) is 6.82. The van der Waals surface area contributed by atoms with Gasteiger partial charge in [0.1, 0.15) is 22.8 Å². The molecule has 1 aliphatic heterocycles. The number of pyridine rings is 1. The minimum atomic E-state index is -3.72. The summed E-state index contributed by atoms with van der Waals surface area (Å²) in [6.07, 6.45) is 2.01. The standard InChI is InChI=1S/C18H19N3O3S/c1-13-4-3-5-18(17(13)10-19)25(22,23)21-9-8-16(12-21)24-15-7-6-14(2)20-11-15/h3-7,11,16H,8-9,12H2,1-2H3/t16-/m1/s1. The van der Waals surface area contributed by atoms with Crippen LogP contribution in [0.4, 0.5) is 0 Å². The molecule has 2 heterocycles. The van der Waals surface area contributed by atoms with Crippen molar-refractivity contribution in [2.75, 3.05) is 13.1 Å². The molecule has 130 valence electrons. The van der Waals surface area contributed by atoms with Crippen LogP contribution in [-0.2, 0) is 10.0 Å². The van der Waals surface area contributed by atoms with Crippen molar-refractivity contribution >= 4 is 10.0 Å². The van der Waals surface area contributed by atoms with Crippen molar-refractivity contribution in [3.8, 4) is 11.8 Å². The topological polar surface area (TPSA) is 83.3 Å². The van der Waals surface area contributed by atoms with Crippen molar-refractivity contribution in [1.29, 1.82) is 5.26 Å². The number of nitrogens with zero attached hydrogens (tertiary/aromatic N) is 3. The van der Waals surface area contributed by atoms with E-state index in [1.54, 1.807) is 25.3 Å². The Bertz CT molecular complexity index is 918. The Hall–Kier alpha value is -2.43. The minimum Gasteiger partial charge on any atom is -0.487 e. The van der Waals surface area contributed by atoms with Gasteiger partial charge in [-0.25, -0.2) is 8.42 Å². The van der Waals surface area contributed by atoms with E-state index < -0.39 is 10.0 Å². The highest BCUT2D eigenvalue weighted by Gasteiger charge is 2.35. The van der Waals surface area contributed by atoms with E-state index in [-0.39, 0.29) is 23.1 Å². The molecule has 25 heavy (non-hydrogen) atoms. The molecule has 1 aromatic carbocycles. The minimum absolute atomic E-state index is 0.0626. The normalized spacial score (nSPS) is 18.0. The predicted octanol–water partition coefficient (Wildman–Crippen LogP) is 2.41. The van der Waals surface area contributed by atoms with Gasteiger partial charge in [-0.05, 0) is 44.0 Å². The van der Waals surface area contributed by atoms with E-state index in [0.29, 0.717) is 24.3 Å². The predicted molar refractivity (Wildman–Crippen MR) is 92.7 cm³/mol. The summed E-state index contributed by atoms with van der Waals surface area (Å²) >= 11 is 0. The van der Waals surface area contributed by atoms with Crippen LogP contribution >= 0.6 is 0 Å². The van der Waals surface area contributed by atoms with Gasteiger partial charge in [-0.15, -0.1) is 0 Å². The second-order valence-electron chi connectivity index (χ2n) is 6.09. The van der Waals surface area contributed by atoms with Crippen molar-refractivity contribution in [2.45, 2.75) is 31.3 Å². The van der Waals surface area contributed by atoms with Crippen molar-refractivity contribution in [1.82, 2.24) is 9.29 Å². The molecule has 0 amide bonds. The molecule has 1 fully saturated rings. The monoisotopic (exact) mass is 357 g/mol. The van der Waals surface area contributed by atoms with Gasteiger partial charge in [0, 0.05) is 12.2 Å². The molecule has 0 spiro atoms. The van der Waals surface area contributed by atoms with E-state index in [1.165, 1.54) is 10.4 Å². The first-order valence-electron chi connectivity index (χ1n) is 8.01. The maximum atomic E-state index is 12.9. The average molecular weight is 357 g/mol. The molecule has 0 saturated carbocycles. The molecule has 7 heteroatoms. The third kappa shape index (κ3) is 3.50. The second-order valence-corrected chi connectivity index (χ2v) is 7.99. The van der Waals surface area contributed by atoms with Crippen LogP contribution in [0.25, 0.3) is 0 Å². The zero-order valence-corrected chi connectivity index (χ0v) is 15.0. The van der Waals surface area contributed by atoms with Gasteiger partial charge in [0.2, 0.25) is 10.0 Å². The van der Waals surface area contributed by atoms with Crippen LogP contribution in [0.1, 0.15) is 23.2 Å². The molecule has 0 radical (unpaired) electrons. The van der Waals surface area contributed by atoms with Crippen LogP contribution in [0.3, 0.4) is 0 Å². The van der Waals surface area contributed by atoms with Gasteiger partial charge < -0.3 is 4.74 Å². The maximum absolute atomic E-state index is 12.9. The quantitative estimate of drug-likeness (QED) is 0.839. The Morgan fingerprint density at radius 1 is 1.28 bits per heavy atom. The van der Waals surface area contributed by atoms with Gasteiger partial charge in [0.05, 0.1) is 18.3 Å². The highest BCUT2D eigenvalue weighted by atomic mass is 32.2. The van der Waals surface area contributed by atoms with Crippen LogP contribution in [0.2, 0.25) is 0 Å². The van der Waals surface area contributed by atoms with Crippen LogP contribution < -0.4 is 4.74 Å². The van der Waals surface area contributed by atoms with E-state index in [4.69, 9.17) is 4.74 Å². The van der Waals surface area contributed by atoms with Crippen molar-refractivity contribution < 1.29 is 13.2 Å². The number of nitriles is 1. The maximum Gasteiger partial charge on any atom is 0.244 e. The van der Waals surface area contributed by atoms with Gasteiger partial charge in [-0.2, -0.15) is 9.57 Å². The third-order valence-corrected chi connectivity index (χ3v) is 6.17. The molecular weight excluding hydrogens is 338 g/mol. The number of benzene rings is 1. The van der Waals surface area contributed by atoms with Gasteiger partial charge in [-0.3, -0.25) is 4.98 Å². The lowest BCUT2D eigenvalue weighted by molar-refractivity contribution is 0.214. The SMILES string of the molecule is Cc1ccc(O[C@@H]2CCN(S(=O)(=O)c3cccc(C)c3C#N)C2)cn1. The smallest absolute Gasteiger partial charge is 0.244 e. The van der Waals surface area contributed by atoms with Crippen molar-refractivity contribution in [2.24, 2.45) is 0 Å². The summed E-state index contributed by atoms with van der Waals surface area (Å²) in [5.41, 5.74) is 1.75. The number of aromatic nitrogens is 1. The highest BCUT2D eigenvalue weighted by molar-refractivity contribution is 7.89. The fourth-order valence-electron chi connectivity index (χ4n) is 2.87. The zero-order chi connectivity index (χ0) is 18.0. The Morgan fingerprint density at radius 2 is 2.08 bits per heavy atom. The molecule has 0 N–H and O–H groups in total. The van der Waals surface area contributed by atoms with Crippen molar-refractivity contribution in [3.63, 3.8) is 0 Å². The lowest BCUT2D eigenvalue weighted by Crippen LogP contribution is -2.31. The molecule has 3 rings (SSSR count). The first-order chi connectivity index (χ1) is 11.9. The van der Waals surface area contributed by atoms with E-state index in [9.17, 15) is 13.7 Å². The fraction of sp³-hybridized carbons (Fsp3) is 0.333. The lowest BCUT2D eigenvalue weighted by atomic mass is 10.1. The van der Waals surface area contributed by atoms with Gasteiger partial charge in [0.15, 0.2) is 0 Å². The fourth-order valence-corrected chi connectivity index (χ4v) is 4.57. The van der Waals surface area contributed by atoms with Crippen LogP contribution in [-0.4, -0.2) is 36.9 Å². The van der Waals surface area contributed by atoms with Crippen LogP contribution in [0.5, 0.6) is 5.75 Å². The molecule has 0 aliphatic carbocycles. The third-order valence-electron chi connectivity index (χ3n) is 4.26. The van der Waals surface area contributed by atoms with E-state index >= 15 is 0 Å². The number of ether oxygens (including phenoxy) is 1. The van der Waals surface area contributed by atoms with Crippen LogP contribution in [0, 0.1) is 25.2 Å². The summed E-state index contributed by atoms with van der Waals surface area (Å²) in [4.78, 5) is 4.24. The summed E-state index contributed by atoms with van der Waals surface area (Å²) in [6.45, 7) is 4.25. The molecule has 6 nitrogen and oxygen atoms in total. The summed E-state index contributed by atoms with van der Waals surface area (Å²) in [5, 5.41) is 9.31. The lowest BCUT2D eigenvalue weighted by Gasteiger charge is -2.18. The van der Waals surface area contributed by atoms with Crippen molar-refractivity contribution in [3.05, 3.63) is 53.3 Å². The molecule has 1 aromatic heterocycles. The number of aryl methyl sites for hydroxylation is 2.